The van der Waals surface area contributed by atoms with Gasteiger partial charge in [0.1, 0.15) is 0 Å². The zero-order valence-electron chi connectivity index (χ0n) is 5.15. The molecule has 0 aliphatic carbocycles. The van der Waals surface area contributed by atoms with Crippen molar-refractivity contribution in [2.45, 2.75) is 0 Å². The van der Waals surface area contributed by atoms with Gasteiger partial charge in [-0.3, -0.25) is 0 Å². The fourth-order valence-electron chi connectivity index (χ4n) is 0.367. The van der Waals surface area contributed by atoms with Crippen molar-refractivity contribution in [2.75, 3.05) is 0 Å². The summed E-state index contributed by atoms with van der Waals surface area (Å²) in [7, 11) is 0. The third-order valence-corrected chi connectivity index (χ3v) is 0.678. The maximum absolute atomic E-state index is 11.9. The van der Waals surface area contributed by atoms with Gasteiger partial charge in [-0.05, 0) is 0 Å². The minimum Gasteiger partial charge on any atom is -1.00 e. The number of benzene rings is 1. The van der Waals surface area contributed by atoms with Gasteiger partial charge in [0, 0.05) is 5.82 Å². The molecule has 0 heterocycles. The monoisotopic (exact) mass is 233 g/mol. The van der Waals surface area contributed by atoms with E-state index in [1.165, 1.54) is 24.3 Å². The van der Waals surface area contributed by atoms with Crippen molar-refractivity contribution in [2.24, 2.45) is 0 Å². The summed E-state index contributed by atoms with van der Waals surface area (Å²) < 4.78 is 11.9. The third-order valence-electron chi connectivity index (χ3n) is 0.678. The summed E-state index contributed by atoms with van der Waals surface area (Å²) in [6, 6.07) is 8.49. The van der Waals surface area contributed by atoms with Gasteiger partial charge in [0.2, 0.25) is 0 Å². The van der Waals surface area contributed by atoms with E-state index in [0.29, 0.717) is 0 Å². The van der Waals surface area contributed by atoms with Crippen LogP contribution in [0.15, 0.2) is 24.3 Å². The zero-order chi connectivity index (χ0) is 5.11. The van der Waals surface area contributed by atoms with Crippen LogP contribution >= 0.6 is 0 Å². The number of rotatable bonds is 0. The Labute approximate surface area is 92.5 Å². The average molecular weight is 235 g/mol. The molecule has 0 amide bonds. The molecule has 0 fully saturated rings. The SMILES string of the molecule is Fc1cc[c-]cc1.[Br-].[Cl-].[Mg+2]. The van der Waals surface area contributed by atoms with E-state index in [2.05, 4.69) is 6.07 Å². The van der Waals surface area contributed by atoms with E-state index in [4.69, 9.17) is 0 Å². The number of hydrogen-bond donors (Lipinski definition) is 0. The number of hydrogen-bond acceptors (Lipinski definition) is 0. The van der Waals surface area contributed by atoms with Crippen molar-refractivity contribution in [3.63, 3.8) is 0 Å². The second kappa shape index (κ2) is 9.69. The molecule has 0 bridgehead atoms. The van der Waals surface area contributed by atoms with Crippen LogP contribution in [0.4, 0.5) is 4.39 Å². The fraction of sp³-hybridized carbons (Fsp3) is 0. The van der Waals surface area contributed by atoms with E-state index in [-0.39, 0.29) is 58.3 Å². The Bertz CT molecular complexity index is 148. The van der Waals surface area contributed by atoms with Crippen LogP contribution in [0.5, 0.6) is 0 Å². The predicted molar refractivity (Wildman–Crippen MR) is 31.0 cm³/mol. The van der Waals surface area contributed by atoms with Crippen LogP contribution in [-0.4, -0.2) is 23.1 Å². The summed E-state index contributed by atoms with van der Waals surface area (Å²) >= 11 is 0. The molecule has 1 aromatic carbocycles. The second-order valence-electron chi connectivity index (χ2n) is 1.22. The summed E-state index contributed by atoms with van der Waals surface area (Å²) in [6.07, 6.45) is 0. The molecule has 0 aliphatic rings. The van der Waals surface area contributed by atoms with Gasteiger partial charge < -0.3 is 29.4 Å². The van der Waals surface area contributed by atoms with Gasteiger partial charge in [0.05, 0.1) is 0 Å². The van der Waals surface area contributed by atoms with E-state index >= 15 is 0 Å². The molecule has 0 unspecified atom stereocenters. The molecule has 10 heavy (non-hydrogen) atoms. The first-order valence-corrected chi connectivity index (χ1v) is 2.01. The van der Waals surface area contributed by atoms with Crippen LogP contribution in [0.25, 0.3) is 0 Å². The second-order valence-corrected chi connectivity index (χ2v) is 1.22. The Kier molecular flexibility index (Phi) is 16.4. The third kappa shape index (κ3) is 6.80. The van der Waals surface area contributed by atoms with E-state index in [9.17, 15) is 4.39 Å². The van der Waals surface area contributed by atoms with Crippen molar-refractivity contribution in [3.8, 4) is 0 Å². The zero-order valence-corrected chi connectivity index (χ0v) is 8.91. The van der Waals surface area contributed by atoms with Gasteiger partial charge in [-0.1, -0.05) is 0 Å². The molecule has 0 N–H and O–H groups in total. The maximum Gasteiger partial charge on any atom is 2.00 e. The summed E-state index contributed by atoms with van der Waals surface area (Å²) in [4.78, 5) is 0. The minimum atomic E-state index is -0.209. The van der Waals surface area contributed by atoms with Crippen molar-refractivity contribution in [1.29, 1.82) is 0 Å². The van der Waals surface area contributed by atoms with Crippen LogP contribution in [0.3, 0.4) is 0 Å². The number of halogens is 3. The van der Waals surface area contributed by atoms with Gasteiger partial charge in [0.15, 0.2) is 0 Å². The van der Waals surface area contributed by atoms with Crippen LogP contribution in [0, 0.1) is 11.9 Å². The standard InChI is InChI=1S/C6H4F.BrH.ClH.Mg/c7-6-4-2-1-3-5-6;;;/h2-5H;2*1H;/q-1;;;+2/p-2. The van der Waals surface area contributed by atoms with Crippen molar-refractivity contribution in [3.05, 3.63) is 36.1 Å². The summed E-state index contributed by atoms with van der Waals surface area (Å²) in [5, 5.41) is 0. The topological polar surface area (TPSA) is 0 Å². The molecule has 4 heteroatoms. The normalized spacial score (nSPS) is 6.10. The van der Waals surface area contributed by atoms with Gasteiger partial charge in [-0.25, -0.2) is 4.39 Å². The molecule has 1 aromatic rings. The molecule has 0 saturated carbocycles. The molecule has 0 aromatic heterocycles. The Balaban J connectivity index is -0.000000163. The van der Waals surface area contributed by atoms with Gasteiger partial charge in [0.25, 0.3) is 0 Å². The average Bonchev–Trinajstić information content (AvgIpc) is 1.69. The molecule has 0 radical (unpaired) electrons. The van der Waals surface area contributed by atoms with Crippen LogP contribution in [-0.2, 0) is 0 Å². The quantitative estimate of drug-likeness (QED) is 0.313. The van der Waals surface area contributed by atoms with Crippen LogP contribution in [0.2, 0.25) is 0 Å². The minimum absolute atomic E-state index is 0. The van der Waals surface area contributed by atoms with E-state index < -0.39 is 0 Å². The largest absolute Gasteiger partial charge is 2.00 e. The van der Waals surface area contributed by atoms with Crippen molar-refractivity contribution in [1.82, 2.24) is 0 Å². The molecule has 0 atom stereocenters. The Morgan fingerprint density at radius 1 is 1.20 bits per heavy atom. The Hall–Kier alpha value is 0.686. The summed E-state index contributed by atoms with van der Waals surface area (Å²) in [5.74, 6) is -0.209. The molecule has 0 saturated heterocycles. The molecule has 0 spiro atoms. The first-order valence-electron chi connectivity index (χ1n) is 2.01. The first-order chi connectivity index (χ1) is 3.39. The Morgan fingerprint density at radius 3 is 1.80 bits per heavy atom. The van der Waals surface area contributed by atoms with Crippen molar-refractivity contribution < 1.29 is 33.8 Å². The molecule has 0 nitrogen and oxygen atoms in total. The van der Waals surface area contributed by atoms with E-state index in [1.54, 1.807) is 0 Å². The van der Waals surface area contributed by atoms with Crippen molar-refractivity contribution >= 4 is 23.1 Å². The molecule has 1 rings (SSSR count). The van der Waals surface area contributed by atoms with Crippen LogP contribution < -0.4 is 29.4 Å². The molecular weight excluding hydrogens is 231 g/mol. The maximum atomic E-state index is 11.9. The fourth-order valence-corrected chi connectivity index (χ4v) is 0.367. The van der Waals surface area contributed by atoms with Gasteiger partial charge >= 0.3 is 23.1 Å². The van der Waals surface area contributed by atoms with E-state index in [0.717, 1.165) is 0 Å². The molecule has 0 aliphatic heterocycles. The van der Waals surface area contributed by atoms with Gasteiger partial charge in [-0.15, -0.1) is 12.1 Å². The molecule has 52 valence electrons. The Morgan fingerprint density at radius 2 is 1.60 bits per heavy atom. The van der Waals surface area contributed by atoms with E-state index in [1.807, 2.05) is 0 Å². The predicted octanol–water partition coefficient (Wildman–Crippen LogP) is -4.75. The first kappa shape index (κ1) is 17.0. The smallest absolute Gasteiger partial charge is 1.00 e. The summed E-state index contributed by atoms with van der Waals surface area (Å²) in [5.41, 5.74) is 0. The van der Waals surface area contributed by atoms with Crippen LogP contribution in [0.1, 0.15) is 0 Å². The van der Waals surface area contributed by atoms with Gasteiger partial charge in [-0.2, -0.15) is 18.2 Å². The molecular formula is C6H4BrClFMg-. The summed E-state index contributed by atoms with van der Waals surface area (Å²) in [6.45, 7) is 0.